The number of aromatic nitrogens is 4. The second-order valence-electron chi connectivity index (χ2n) is 11.9. The summed E-state index contributed by atoms with van der Waals surface area (Å²) >= 11 is 1.49. The molecule has 3 atom stereocenters. The molecule has 0 aliphatic carbocycles. The van der Waals surface area contributed by atoms with Gasteiger partial charge in [0.05, 0.1) is 24.5 Å². The first kappa shape index (κ1) is 33.2. The standard InChI is InChI=1S/C39H35N5O5S/c45-24-26-9-11-29(12-10-26)36-22-35(25-50-39-41-42-43-44(39)33-17-19-34(46)20-18-33)48-38(49-36)31-15-13-28(14-16-31)32-8-4-5-27(21-32)23-40-37(47)30-6-2-1-3-7-30/h1-21,35-36,38,45-46H,22-25H2,(H,40,47)/t35-,36+,38+/m1/s1. The number of rotatable bonds is 11. The maximum Gasteiger partial charge on any atom is 0.251 e. The van der Waals surface area contributed by atoms with E-state index in [1.165, 1.54) is 11.8 Å². The number of carbonyl (C=O) groups excluding carboxylic acids is 1. The molecule has 11 heteroatoms. The lowest BCUT2D eigenvalue weighted by molar-refractivity contribution is -0.245. The van der Waals surface area contributed by atoms with Gasteiger partial charge in [-0.3, -0.25) is 4.79 Å². The first-order chi connectivity index (χ1) is 24.5. The van der Waals surface area contributed by atoms with Gasteiger partial charge in [0.25, 0.3) is 5.91 Å². The highest BCUT2D eigenvalue weighted by Crippen LogP contribution is 2.40. The Morgan fingerprint density at radius 1 is 0.820 bits per heavy atom. The fraction of sp³-hybridized carbons (Fsp3) is 0.179. The summed E-state index contributed by atoms with van der Waals surface area (Å²) in [6.45, 7) is 0.398. The zero-order valence-electron chi connectivity index (χ0n) is 27.0. The molecule has 10 nitrogen and oxygen atoms in total. The van der Waals surface area contributed by atoms with Gasteiger partial charge in [0, 0.05) is 29.8 Å². The lowest BCUT2D eigenvalue weighted by atomic mass is 9.99. The highest BCUT2D eigenvalue weighted by molar-refractivity contribution is 7.99. The van der Waals surface area contributed by atoms with Crippen LogP contribution in [0.2, 0.25) is 0 Å². The van der Waals surface area contributed by atoms with Crippen LogP contribution < -0.4 is 5.32 Å². The maximum absolute atomic E-state index is 12.5. The molecule has 1 aliphatic rings. The zero-order chi connectivity index (χ0) is 34.3. The van der Waals surface area contributed by atoms with Crippen LogP contribution in [0.15, 0.2) is 133 Å². The molecule has 5 aromatic carbocycles. The molecule has 0 spiro atoms. The number of phenolic OH excluding ortho intramolecular Hbond substituents is 1. The van der Waals surface area contributed by atoms with Crippen molar-refractivity contribution in [2.24, 2.45) is 0 Å². The maximum atomic E-state index is 12.5. The van der Waals surface area contributed by atoms with Crippen molar-refractivity contribution in [1.29, 1.82) is 0 Å². The number of aromatic hydroxyl groups is 1. The number of hydrogen-bond donors (Lipinski definition) is 3. The monoisotopic (exact) mass is 685 g/mol. The summed E-state index contributed by atoms with van der Waals surface area (Å²) in [4.78, 5) is 12.5. The van der Waals surface area contributed by atoms with E-state index in [0.717, 1.165) is 39.1 Å². The number of hydrogen-bond acceptors (Lipinski definition) is 9. The van der Waals surface area contributed by atoms with E-state index in [1.54, 1.807) is 41.1 Å². The molecule has 6 aromatic rings. The van der Waals surface area contributed by atoms with Gasteiger partial charge in [0.2, 0.25) is 5.16 Å². The normalized spacial score (nSPS) is 17.3. The molecule has 0 bridgehead atoms. The number of thioether (sulfide) groups is 1. The minimum atomic E-state index is -0.612. The van der Waals surface area contributed by atoms with Gasteiger partial charge in [-0.2, -0.15) is 4.68 Å². The molecular formula is C39H35N5O5S. The van der Waals surface area contributed by atoms with Crippen molar-refractivity contribution in [3.8, 4) is 22.6 Å². The number of tetrazole rings is 1. The Labute approximate surface area is 293 Å². The van der Waals surface area contributed by atoms with Crippen LogP contribution in [0.1, 0.15) is 51.4 Å². The predicted molar refractivity (Wildman–Crippen MR) is 189 cm³/mol. The number of benzene rings is 5. The summed E-state index contributed by atoms with van der Waals surface area (Å²) in [5.41, 5.74) is 7.18. The number of aliphatic hydroxyl groups is 1. The highest BCUT2D eigenvalue weighted by atomic mass is 32.2. The van der Waals surface area contributed by atoms with E-state index in [4.69, 9.17) is 9.47 Å². The summed E-state index contributed by atoms with van der Waals surface area (Å²) in [6, 6.07) is 40.0. The molecular weight excluding hydrogens is 651 g/mol. The average Bonchev–Trinajstić information content (AvgIpc) is 3.65. The molecule has 0 saturated carbocycles. The van der Waals surface area contributed by atoms with Gasteiger partial charge in [-0.1, -0.05) is 96.7 Å². The van der Waals surface area contributed by atoms with Gasteiger partial charge in [0.15, 0.2) is 6.29 Å². The summed E-state index contributed by atoms with van der Waals surface area (Å²) in [7, 11) is 0. The van der Waals surface area contributed by atoms with E-state index in [2.05, 4.69) is 45.1 Å². The van der Waals surface area contributed by atoms with E-state index in [9.17, 15) is 15.0 Å². The first-order valence-electron chi connectivity index (χ1n) is 16.3. The quantitative estimate of drug-likeness (QED) is 0.126. The third-order valence-corrected chi connectivity index (χ3v) is 9.53. The molecule has 50 heavy (non-hydrogen) atoms. The van der Waals surface area contributed by atoms with Gasteiger partial charge in [-0.05, 0) is 80.7 Å². The number of phenols is 1. The Bertz CT molecular complexity index is 2020. The average molecular weight is 686 g/mol. The Kier molecular flexibility index (Phi) is 10.3. The van der Waals surface area contributed by atoms with E-state index in [0.29, 0.717) is 29.4 Å². The second-order valence-corrected chi connectivity index (χ2v) is 12.9. The predicted octanol–water partition coefficient (Wildman–Crippen LogP) is 6.79. The molecule has 3 N–H and O–H groups in total. The van der Waals surface area contributed by atoms with Crippen molar-refractivity contribution < 1.29 is 24.5 Å². The Balaban J connectivity index is 1.06. The van der Waals surface area contributed by atoms with Crippen LogP contribution in [0.3, 0.4) is 0 Å². The Morgan fingerprint density at radius 3 is 2.34 bits per heavy atom. The number of amides is 1. The van der Waals surface area contributed by atoms with Crippen molar-refractivity contribution in [2.45, 2.75) is 43.2 Å². The van der Waals surface area contributed by atoms with Gasteiger partial charge in [-0.25, -0.2) is 0 Å². The molecule has 1 fully saturated rings. The SMILES string of the molecule is O=C(NCc1cccc(-c2ccc([C@H]3O[C@@H](CSc4nnnn4-c4ccc(O)cc4)C[C@@H](c4ccc(CO)cc4)O3)cc2)c1)c1ccccc1. The van der Waals surface area contributed by atoms with Gasteiger partial charge in [0.1, 0.15) is 5.75 Å². The molecule has 1 saturated heterocycles. The summed E-state index contributed by atoms with van der Waals surface area (Å²) in [5, 5.41) is 35.1. The fourth-order valence-electron chi connectivity index (χ4n) is 5.78. The number of nitrogens with one attached hydrogen (secondary N) is 1. The summed E-state index contributed by atoms with van der Waals surface area (Å²) < 4.78 is 14.7. The molecule has 0 unspecified atom stereocenters. The molecule has 1 aliphatic heterocycles. The van der Waals surface area contributed by atoms with Crippen LogP contribution in [-0.4, -0.2) is 48.2 Å². The molecule has 2 heterocycles. The summed E-state index contributed by atoms with van der Waals surface area (Å²) in [6.07, 6.45) is -0.413. The second kappa shape index (κ2) is 15.5. The zero-order valence-corrected chi connectivity index (χ0v) is 27.8. The molecule has 0 radical (unpaired) electrons. The van der Waals surface area contributed by atoms with Crippen LogP contribution in [0.25, 0.3) is 16.8 Å². The lowest BCUT2D eigenvalue weighted by Gasteiger charge is -2.36. The number of carbonyl (C=O) groups is 1. The number of aliphatic hydroxyl groups excluding tert-OH is 1. The summed E-state index contributed by atoms with van der Waals surface area (Å²) in [5.74, 6) is 0.639. The van der Waals surface area contributed by atoms with E-state index in [1.807, 2.05) is 66.7 Å². The van der Waals surface area contributed by atoms with Crippen LogP contribution in [-0.2, 0) is 22.6 Å². The first-order valence-corrected chi connectivity index (χ1v) is 17.2. The van der Waals surface area contributed by atoms with Crippen LogP contribution >= 0.6 is 11.8 Å². The highest BCUT2D eigenvalue weighted by Gasteiger charge is 2.32. The molecule has 252 valence electrons. The van der Waals surface area contributed by atoms with Crippen LogP contribution in [0.5, 0.6) is 5.75 Å². The largest absolute Gasteiger partial charge is 0.508 e. The van der Waals surface area contributed by atoms with Crippen molar-refractivity contribution in [3.05, 3.63) is 155 Å². The third kappa shape index (κ3) is 7.93. The third-order valence-electron chi connectivity index (χ3n) is 8.48. The fourth-order valence-corrected chi connectivity index (χ4v) is 6.69. The van der Waals surface area contributed by atoms with Crippen molar-refractivity contribution in [2.75, 3.05) is 5.75 Å². The van der Waals surface area contributed by atoms with Gasteiger partial charge < -0.3 is 25.0 Å². The number of nitrogens with zero attached hydrogens (tertiary/aromatic N) is 4. The van der Waals surface area contributed by atoms with Gasteiger partial charge in [-0.15, -0.1) is 5.10 Å². The van der Waals surface area contributed by atoms with Crippen LogP contribution in [0, 0.1) is 0 Å². The van der Waals surface area contributed by atoms with Gasteiger partial charge >= 0.3 is 0 Å². The molecule has 1 aromatic heterocycles. The Hall–Kier alpha value is -5.33. The van der Waals surface area contributed by atoms with Crippen molar-refractivity contribution in [1.82, 2.24) is 25.5 Å². The Morgan fingerprint density at radius 2 is 1.58 bits per heavy atom. The van der Waals surface area contributed by atoms with E-state index < -0.39 is 6.29 Å². The topological polar surface area (TPSA) is 132 Å². The van der Waals surface area contributed by atoms with Crippen LogP contribution in [0.4, 0.5) is 0 Å². The molecule has 1 amide bonds. The smallest absolute Gasteiger partial charge is 0.251 e. The van der Waals surface area contributed by atoms with Crippen molar-refractivity contribution >= 4 is 17.7 Å². The molecule has 7 rings (SSSR count). The van der Waals surface area contributed by atoms with Crippen molar-refractivity contribution in [3.63, 3.8) is 0 Å². The van der Waals surface area contributed by atoms with E-state index >= 15 is 0 Å². The van der Waals surface area contributed by atoms with E-state index in [-0.39, 0.29) is 30.5 Å². The minimum absolute atomic E-state index is 0.0237. The lowest BCUT2D eigenvalue weighted by Crippen LogP contribution is -2.31. The minimum Gasteiger partial charge on any atom is -0.508 e. The number of ether oxygens (including phenoxy) is 2.